The Morgan fingerprint density at radius 3 is 2.58 bits per heavy atom. The molecule has 0 radical (unpaired) electrons. The van der Waals surface area contributed by atoms with Crippen LogP contribution in [-0.2, 0) is 11.2 Å². The van der Waals surface area contributed by atoms with Crippen LogP contribution in [0, 0.1) is 17.3 Å². The number of benzene rings is 2. The van der Waals surface area contributed by atoms with Crippen molar-refractivity contribution in [2.45, 2.75) is 95.9 Å². The van der Waals surface area contributed by atoms with Gasteiger partial charge in [-0.1, -0.05) is 38.0 Å². The summed E-state index contributed by atoms with van der Waals surface area (Å²) in [6, 6.07) is 14.3. The van der Waals surface area contributed by atoms with Crippen LogP contribution >= 0.6 is 0 Å². The van der Waals surface area contributed by atoms with Crippen molar-refractivity contribution >= 4 is 5.97 Å². The standard InChI is InChI=1S/C34H44FNO4/c1-22(37)33(38)40-26-13-15-27-24(19-26)10-14-28-30-7-6-16-34(30,2)20-29(32(27)28)23-8-11-25(12-9-23)39-31(35)21-36-17-4-3-5-18-36/h8-9,11-13,15,19,22,28-32,37H,3-7,10,14,16-18,20-21H2,1-2H3/t22?,28-,29+,30-,31?,32+,34-/m0/s1. The van der Waals surface area contributed by atoms with E-state index in [1.807, 2.05) is 24.3 Å². The fraction of sp³-hybridized carbons (Fsp3) is 0.618. The molecule has 2 saturated carbocycles. The summed E-state index contributed by atoms with van der Waals surface area (Å²) in [5, 5.41) is 9.58. The number of carbonyl (C=O) groups is 1. The highest BCUT2D eigenvalue weighted by molar-refractivity contribution is 5.76. The zero-order valence-corrected chi connectivity index (χ0v) is 24.0. The first-order valence-corrected chi connectivity index (χ1v) is 15.5. The van der Waals surface area contributed by atoms with E-state index in [0.29, 0.717) is 41.2 Å². The summed E-state index contributed by atoms with van der Waals surface area (Å²) in [5.41, 5.74) is 4.28. The molecule has 7 atom stereocenters. The molecule has 1 heterocycles. The number of ether oxygens (including phenoxy) is 2. The molecule has 0 bridgehead atoms. The van der Waals surface area contributed by atoms with Gasteiger partial charge < -0.3 is 14.6 Å². The number of alkyl halides is 1. The minimum absolute atomic E-state index is 0.333. The molecule has 6 heteroatoms. The lowest BCUT2D eigenvalue weighted by atomic mass is 9.51. The lowest BCUT2D eigenvalue weighted by molar-refractivity contribution is -0.142. The average Bonchev–Trinajstić information content (AvgIpc) is 3.34. The molecular formula is C34H44FNO4. The molecule has 0 spiro atoms. The predicted octanol–water partition coefficient (Wildman–Crippen LogP) is 6.77. The molecule has 216 valence electrons. The molecule has 3 aliphatic carbocycles. The van der Waals surface area contributed by atoms with Crippen LogP contribution in [0.5, 0.6) is 11.5 Å². The van der Waals surface area contributed by atoms with Crippen molar-refractivity contribution < 1.29 is 23.8 Å². The molecule has 1 saturated heterocycles. The minimum Gasteiger partial charge on any atom is -0.459 e. The second-order valence-corrected chi connectivity index (χ2v) is 13.1. The number of aliphatic hydroxyl groups is 1. The van der Waals surface area contributed by atoms with Crippen molar-refractivity contribution in [3.8, 4) is 11.5 Å². The highest BCUT2D eigenvalue weighted by Gasteiger charge is 2.54. The lowest BCUT2D eigenvalue weighted by Crippen LogP contribution is -2.43. The maximum absolute atomic E-state index is 14.8. The van der Waals surface area contributed by atoms with Gasteiger partial charge >= 0.3 is 5.97 Å². The predicted molar refractivity (Wildman–Crippen MR) is 153 cm³/mol. The van der Waals surface area contributed by atoms with Crippen molar-refractivity contribution in [2.75, 3.05) is 19.6 Å². The average molecular weight is 550 g/mol. The number of esters is 1. The molecule has 0 amide bonds. The van der Waals surface area contributed by atoms with Gasteiger partial charge in [-0.15, -0.1) is 0 Å². The van der Waals surface area contributed by atoms with Gasteiger partial charge in [0.05, 0.1) is 6.54 Å². The number of nitrogens with zero attached hydrogens (tertiary/aromatic N) is 1. The molecule has 2 unspecified atom stereocenters. The largest absolute Gasteiger partial charge is 0.459 e. The molecule has 3 fully saturated rings. The fourth-order valence-corrected chi connectivity index (χ4v) is 8.61. The van der Waals surface area contributed by atoms with Crippen LogP contribution in [0.15, 0.2) is 42.5 Å². The first kappa shape index (κ1) is 27.7. The van der Waals surface area contributed by atoms with Gasteiger partial charge in [-0.2, -0.15) is 0 Å². The normalized spacial score (nSPS) is 31.4. The van der Waals surface area contributed by atoms with Gasteiger partial charge in [-0.05, 0) is 135 Å². The Balaban J connectivity index is 1.24. The maximum atomic E-state index is 14.8. The Bertz CT molecular complexity index is 1190. The summed E-state index contributed by atoms with van der Waals surface area (Å²) in [6.07, 6.45) is 8.24. The van der Waals surface area contributed by atoms with Crippen LogP contribution in [0.4, 0.5) is 4.39 Å². The minimum atomic E-state index is -1.32. The Kier molecular flexibility index (Phi) is 7.93. The number of fused-ring (bicyclic) bond motifs is 5. The number of rotatable bonds is 7. The number of hydrogen-bond donors (Lipinski definition) is 1. The first-order chi connectivity index (χ1) is 19.3. The van der Waals surface area contributed by atoms with Crippen LogP contribution in [0.3, 0.4) is 0 Å². The number of hydrogen-bond acceptors (Lipinski definition) is 5. The molecular weight excluding hydrogens is 505 g/mol. The molecule has 2 aromatic carbocycles. The van der Waals surface area contributed by atoms with Gasteiger partial charge in [0.1, 0.15) is 17.6 Å². The number of likely N-dealkylation sites (tertiary alicyclic amines) is 1. The van der Waals surface area contributed by atoms with E-state index >= 15 is 0 Å². The van der Waals surface area contributed by atoms with Crippen molar-refractivity contribution in [3.63, 3.8) is 0 Å². The number of aryl methyl sites for hydroxylation is 1. The van der Waals surface area contributed by atoms with Crippen molar-refractivity contribution in [1.29, 1.82) is 0 Å². The highest BCUT2D eigenvalue weighted by Crippen LogP contribution is 2.65. The molecule has 5 nitrogen and oxygen atoms in total. The Morgan fingerprint density at radius 2 is 1.82 bits per heavy atom. The van der Waals surface area contributed by atoms with Crippen LogP contribution in [0.2, 0.25) is 0 Å². The van der Waals surface area contributed by atoms with Gasteiger partial charge in [0.25, 0.3) is 6.36 Å². The second kappa shape index (κ2) is 11.4. The summed E-state index contributed by atoms with van der Waals surface area (Å²) in [7, 11) is 0. The highest BCUT2D eigenvalue weighted by atomic mass is 19.1. The van der Waals surface area contributed by atoms with E-state index in [-0.39, 0.29) is 0 Å². The van der Waals surface area contributed by atoms with Crippen LogP contribution in [0.1, 0.15) is 93.7 Å². The molecule has 2 aromatic rings. The van der Waals surface area contributed by atoms with E-state index in [2.05, 4.69) is 30.0 Å². The Labute approximate surface area is 238 Å². The summed E-state index contributed by atoms with van der Waals surface area (Å²) < 4.78 is 25.9. The molecule has 1 aliphatic heterocycles. The van der Waals surface area contributed by atoms with Gasteiger partial charge in [0.15, 0.2) is 0 Å². The second-order valence-electron chi connectivity index (χ2n) is 13.1. The smallest absolute Gasteiger partial charge is 0.340 e. The van der Waals surface area contributed by atoms with Crippen LogP contribution < -0.4 is 9.47 Å². The molecule has 4 aliphatic rings. The van der Waals surface area contributed by atoms with E-state index in [4.69, 9.17) is 9.47 Å². The zero-order chi connectivity index (χ0) is 27.9. The van der Waals surface area contributed by atoms with E-state index in [0.717, 1.165) is 51.1 Å². The third kappa shape index (κ3) is 5.54. The summed E-state index contributed by atoms with van der Waals surface area (Å²) in [6.45, 7) is 6.18. The van der Waals surface area contributed by atoms with Crippen molar-refractivity contribution in [1.82, 2.24) is 4.90 Å². The molecule has 0 aromatic heterocycles. The topological polar surface area (TPSA) is 59.0 Å². The Hall–Kier alpha value is -2.44. The fourth-order valence-electron chi connectivity index (χ4n) is 8.61. The lowest BCUT2D eigenvalue weighted by Gasteiger charge is -2.53. The van der Waals surface area contributed by atoms with Gasteiger partial charge in [-0.3, -0.25) is 4.90 Å². The summed E-state index contributed by atoms with van der Waals surface area (Å²) in [5.74, 6) is 2.62. The molecule has 1 N–H and O–H groups in total. The number of piperidine rings is 1. The number of halogens is 1. The van der Waals surface area contributed by atoms with Crippen molar-refractivity contribution in [3.05, 3.63) is 59.2 Å². The van der Waals surface area contributed by atoms with E-state index in [9.17, 15) is 14.3 Å². The summed E-state index contributed by atoms with van der Waals surface area (Å²) >= 11 is 0. The molecule has 6 rings (SSSR count). The van der Waals surface area contributed by atoms with E-state index in [1.54, 1.807) is 0 Å². The van der Waals surface area contributed by atoms with Gasteiger partial charge in [-0.25, -0.2) is 9.18 Å². The monoisotopic (exact) mass is 549 g/mol. The zero-order valence-electron chi connectivity index (χ0n) is 24.0. The van der Waals surface area contributed by atoms with Crippen LogP contribution in [-0.4, -0.2) is 48.1 Å². The van der Waals surface area contributed by atoms with Crippen LogP contribution in [0.25, 0.3) is 0 Å². The van der Waals surface area contributed by atoms with E-state index < -0.39 is 18.4 Å². The summed E-state index contributed by atoms with van der Waals surface area (Å²) in [4.78, 5) is 14.2. The van der Waals surface area contributed by atoms with Gasteiger partial charge in [0.2, 0.25) is 0 Å². The SMILES string of the molecule is CC(O)C(=O)Oc1ccc2c(c1)CC[C@@H]1[C@@H]2[C@@H](c2ccc(OC(F)CN3CCCCC3)cc2)C[C@]2(C)CCC[C@@H]12. The third-order valence-corrected chi connectivity index (χ3v) is 10.5. The van der Waals surface area contributed by atoms with Gasteiger partial charge in [0, 0.05) is 0 Å². The maximum Gasteiger partial charge on any atom is 0.340 e. The third-order valence-electron chi connectivity index (χ3n) is 10.5. The van der Waals surface area contributed by atoms with E-state index in [1.165, 1.54) is 49.3 Å². The first-order valence-electron chi connectivity index (χ1n) is 15.5. The quantitative estimate of drug-likeness (QED) is 0.305. The number of aliphatic hydroxyl groups excluding tert-OH is 1. The number of carbonyl (C=O) groups excluding carboxylic acids is 1. The molecule has 40 heavy (non-hydrogen) atoms. The van der Waals surface area contributed by atoms with Crippen molar-refractivity contribution in [2.24, 2.45) is 17.3 Å². The Morgan fingerprint density at radius 1 is 1.07 bits per heavy atom.